The van der Waals surface area contributed by atoms with E-state index in [1.54, 1.807) is 28.4 Å². The lowest BCUT2D eigenvalue weighted by atomic mass is 10.1. The SMILES string of the molecule is CSc1nn2cc(-c3cc4c(C=O)cccc4o3)nc2s1. The standard InChI is InChI=1S/C14H9N3O2S2/c1-20-14-16-17-6-10(15-13(17)21-14)12-5-9-8(7-18)3-2-4-11(9)19-12/h2-7H,1H3. The fraction of sp³-hybridized carbons (Fsp3) is 0.0714. The summed E-state index contributed by atoms with van der Waals surface area (Å²) in [5, 5.41) is 5.21. The van der Waals surface area contributed by atoms with Gasteiger partial charge in [-0.2, -0.15) is 0 Å². The summed E-state index contributed by atoms with van der Waals surface area (Å²) in [4.78, 5) is 16.4. The quantitative estimate of drug-likeness (QED) is 0.426. The van der Waals surface area contributed by atoms with Crippen molar-refractivity contribution in [3.05, 3.63) is 36.0 Å². The zero-order chi connectivity index (χ0) is 14.4. The van der Waals surface area contributed by atoms with E-state index in [1.807, 2.05) is 24.6 Å². The molecule has 0 spiro atoms. The molecule has 0 unspecified atom stereocenters. The average Bonchev–Trinajstić information content (AvgIpc) is 3.17. The van der Waals surface area contributed by atoms with Crippen LogP contribution in [0.2, 0.25) is 0 Å². The van der Waals surface area contributed by atoms with Gasteiger partial charge in [0.15, 0.2) is 16.4 Å². The molecule has 0 radical (unpaired) electrons. The van der Waals surface area contributed by atoms with Gasteiger partial charge in [-0.1, -0.05) is 35.2 Å². The summed E-state index contributed by atoms with van der Waals surface area (Å²) >= 11 is 3.13. The number of aromatic nitrogens is 3. The molecule has 3 aromatic heterocycles. The maximum Gasteiger partial charge on any atom is 0.213 e. The van der Waals surface area contributed by atoms with E-state index >= 15 is 0 Å². The van der Waals surface area contributed by atoms with Crippen LogP contribution in [0, 0.1) is 0 Å². The summed E-state index contributed by atoms with van der Waals surface area (Å²) in [6.07, 6.45) is 4.66. The van der Waals surface area contributed by atoms with Crippen LogP contribution in [-0.4, -0.2) is 27.1 Å². The fourth-order valence-corrected chi connectivity index (χ4v) is 3.54. The molecule has 5 nitrogen and oxygen atoms in total. The zero-order valence-corrected chi connectivity index (χ0v) is 12.6. The first-order valence-corrected chi connectivity index (χ1v) is 8.21. The molecule has 0 aliphatic rings. The molecule has 7 heteroatoms. The molecule has 0 saturated carbocycles. The second-order valence-corrected chi connectivity index (χ2v) is 6.42. The third-order valence-corrected chi connectivity index (χ3v) is 5.07. The van der Waals surface area contributed by atoms with Crippen LogP contribution in [0.25, 0.3) is 27.4 Å². The number of nitrogens with zero attached hydrogens (tertiary/aromatic N) is 3. The van der Waals surface area contributed by atoms with Crippen LogP contribution < -0.4 is 0 Å². The number of furan rings is 1. The Balaban J connectivity index is 1.87. The van der Waals surface area contributed by atoms with Crippen molar-refractivity contribution >= 4 is 45.3 Å². The average molecular weight is 315 g/mol. The summed E-state index contributed by atoms with van der Waals surface area (Å²) in [7, 11) is 0. The maximum atomic E-state index is 11.1. The van der Waals surface area contributed by atoms with Crippen LogP contribution in [0.5, 0.6) is 0 Å². The highest BCUT2D eigenvalue weighted by atomic mass is 32.2. The Hall–Kier alpha value is -2.12. The van der Waals surface area contributed by atoms with E-state index in [0.29, 0.717) is 16.9 Å². The lowest BCUT2D eigenvalue weighted by Crippen LogP contribution is -1.79. The Morgan fingerprint density at radius 3 is 3.10 bits per heavy atom. The van der Waals surface area contributed by atoms with Gasteiger partial charge in [-0.15, -0.1) is 5.10 Å². The number of aldehydes is 1. The number of benzene rings is 1. The van der Waals surface area contributed by atoms with E-state index < -0.39 is 0 Å². The van der Waals surface area contributed by atoms with Gasteiger partial charge >= 0.3 is 0 Å². The number of hydrogen-bond donors (Lipinski definition) is 0. The molecular weight excluding hydrogens is 306 g/mol. The van der Waals surface area contributed by atoms with Crippen LogP contribution in [0.15, 0.2) is 39.2 Å². The lowest BCUT2D eigenvalue weighted by Gasteiger charge is -1.89. The number of carbonyl (C=O) groups is 1. The maximum absolute atomic E-state index is 11.1. The monoisotopic (exact) mass is 315 g/mol. The van der Waals surface area contributed by atoms with E-state index in [1.165, 1.54) is 11.3 Å². The van der Waals surface area contributed by atoms with Crippen molar-refractivity contribution in [3.8, 4) is 11.5 Å². The Morgan fingerprint density at radius 2 is 2.33 bits per heavy atom. The van der Waals surface area contributed by atoms with E-state index in [0.717, 1.165) is 26.7 Å². The molecular formula is C14H9N3O2S2. The molecule has 1 aromatic carbocycles. The summed E-state index contributed by atoms with van der Waals surface area (Å²) < 4.78 is 8.51. The number of imidazole rings is 1. The van der Waals surface area contributed by atoms with Gasteiger partial charge < -0.3 is 4.42 Å². The predicted molar refractivity (Wildman–Crippen MR) is 83.2 cm³/mol. The molecule has 0 amide bonds. The Morgan fingerprint density at radius 1 is 1.43 bits per heavy atom. The molecule has 104 valence electrons. The Labute approximate surface area is 127 Å². The highest BCUT2D eigenvalue weighted by molar-refractivity contribution is 8.00. The summed E-state index contributed by atoms with van der Waals surface area (Å²) in [6.45, 7) is 0. The number of thioether (sulfide) groups is 1. The van der Waals surface area contributed by atoms with Crippen molar-refractivity contribution in [1.29, 1.82) is 0 Å². The summed E-state index contributed by atoms with van der Waals surface area (Å²) in [5.41, 5.74) is 2.02. The van der Waals surface area contributed by atoms with E-state index in [-0.39, 0.29) is 0 Å². The third-order valence-electron chi connectivity index (χ3n) is 3.17. The van der Waals surface area contributed by atoms with E-state index in [4.69, 9.17) is 4.42 Å². The first-order valence-electron chi connectivity index (χ1n) is 6.17. The highest BCUT2D eigenvalue weighted by Crippen LogP contribution is 2.30. The minimum absolute atomic E-state index is 0.617. The molecule has 0 saturated heterocycles. The van der Waals surface area contributed by atoms with Gasteiger partial charge in [0, 0.05) is 10.9 Å². The van der Waals surface area contributed by atoms with Crippen molar-refractivity contribution in [2.45, 2.75) is 4.34 Å². The first kappa shape index (κ1) is 12.6. The van der Waals surface area contributed by atoms with Crippen LogP contribution in [-0.2, 0) is 0 Å². The van der Waals surface area contributed by atoms with Crippen molar-refractivity contribution in [3.63, 3.8) is 0 Å². The summed E-state index contributed by atoms with van der Waals surface area (Å²) in [5.74, 6) is 0.641. The second kappa shape index (κ2) is 4.71. The van der Waals surface area contributed by atoms with Crippen molar-refractivity contribution < 1.29 is 9.21 Å². The number of hydrogen-bond acceptors (Lipinski definition) is 6. The molecule has 3 heterocycles. The summed E-state index contributed by atoms with van der Waals surface area (Å²) in [6, 6.07) is 7.26. The lowest BCUT2D eigenvalue weighted by molar-refractivity contribution is 0.112. The molecule has 0 aliphatic heterocycles. The normalized spacial score (nSPS) is 11.5. The van der Waals surface area contributed by atoms with Crippen LogP contribution in [0.1, 0.15) is 10.4 Å². The van der Waals surface area contributed by atoms with Gasteiger partial charge in [0.05, 0.1) is 6.20 Å². The molecule has 0 fully saturated rings. The van der Waals surface area contributed by atoms with Crippen LogP contribution in [0.3, 0.4) is 0 Å². The van der Waals surface area contributed by atoms with Gasteiger partial charge in [0.1, 0.15) is 11.3 Å². The van der Waals surface area contributed by atoms with Crippen LogP contribution in [0.4, 0.5) is 0 Å². The fourth-order valence-electron chi connectivity index (χ4n) is 2.20. The van der Waals surface area contributed by atoms with Crippen molar-refractivity contribution in [2.24, 2.45) is 0 Å². The molecule has 0 aliphatic carbocycles. The van der Waals surface area contributed by atoms with Crippen molar-refractivity contribution in [1.82, 2.24) is 14.6 Å². The predicted octanol–water partition coefficient (Wildman–Crippen LogP) is 3.74. The topological polar surface area (TPSA) is 60.4 Å². The van der Waals surface area contributed by atoms with Crippen LogP contribution >= 0.6 is 23.1 Å². The number of carbonyl (C=O) groups excluding carboxylic acids is 1. The minimum Gasteiger partial charge on any atom is -0.454 e. The van der Waals surface area contributed by atoms with Gasteiger partial charge in [-0.25, -0.2) is 9.50 Å². The van der Waals surface area contributed by atoms with Gasteiger partial charge in [-0.05, 0) is 18.4 Å². The molecule has 21 heavy (non-hydrogen) atoms. The molecule has 4 rings (SSSR count). The van der Waals surface area contributed by atoms with Gasteiger partial charge in [0.25, 0.3) is 0 Å². The van der Waals surface area contributed by atoms with Crippen molar-refractivity contribution in [2.75, 3.05) is 6.26 Å². The second-order valence-electron chi connectivity index (χ2n) is 4.41. The first-order chi connectivity index (χ1) is 10.3. The van der Waals surface area contributed by atoms with Gasteiger partial charge in [0.2, 0.25) is 4.96 Å². The Bertz CT molecular complexity index is 936. The molecule has 4 aromatic rings. The Kier molecular flexibility index (Phi) is 2.83. The smallest absolute Gasteiger partial charge is 0.213 e. The largest absolute Gasteiger partial charge is 0.454 e. The molecule has 0 bridgehead atoms. The molecule has 0 atom stereocenters. The van der Waals surface area contributed by atoms with E-state index in [9.17, 15) is 4.79 Å². The molecule has 0 N–H and O–H groups in total. The number of fused-ring (bicyclic) bond motifs is 2. The zero-order valence-electron chi connectivity index (χ0n) is 10.9. The van der Waals surface area contributed by atoms with E-state index in [2.05, 4.69) is 10.1 Å². The minimum atomic E-state index is 0.617. The van der Waals surface area contributed by atoms with Gasteiger partial charge in [-0.3, -0.25) is 4.79 Å². The number of rotatable bonds is 3. The third kappa shape index (κ3) is 1.97. The highest BCUT2D eigenvalue weighted by Gasteiger charge is 2.14.